The van der Waals surface area contributed by atoms with Gasteiger partial charge in [0.05, 0.1) is 31.2 Å². The van der Waals surface area contributed by atoms with Crippen molar-refractivity contribution in [2.24, 2.45) is 0 Å². The molecule has 2 rings (SSSR count). The van der Waals surface area contributed by atoms with Gasteiger partial charge >= 0.3 is 17.9 Å². The fraction of sp³-hybridized carbons (Fsp3) is 0.467. The number of pyridine rings is 1. The molecule has 1 aliphatic rings. The van der Waals surface area contributed by atoms with Gasteiger partial charge in [0.2, 0.25) is 0 Å². The molecule has 0 radical (unpaired) electrons. The van der Waals surface area contributed by atoms with E-state index in [-0.39, 0.29) is 17.7 Å². The van der Waals surface area contributed by atoms with Crippen LogP contribution in [0.15, 0.2) is 6.07 Å². The first-order valence-corrected chi connectivity index (χ1v) is 7.00. The zero-order valence-corrected chi connectivity index (χ0v) is 13.4. The van der Waals surface area contributed by atoms with E-state index in [1.165, 1.54) is 13.2 Å². The number of hydrogen-bond acceptors (Lipinski definition) is 7. The summed E-state index contributed by atoms with van der Waals surface area (Å²) in [6.45, 7) is 1.83. The average Bonchev–Trinajstić information content (AvgIpc) is 2.84. The van der Waals surface area contributed by atoms with Gasteiger partial charge in [-0.05, 0) is 12.5 Å². The Morgan fingerprint density at radius 2 is 2.00 bits per heavy atom. The minimum Gasteiger partial charge on any atom is -0.476 e. The lowest BCUT2D eigenvalue weighted by Crippen LogP contribution is -2.51. The lowest BCUT2D eigenvalue weighted by atomic mass is 9.92. The molecule has 0 fully saturated rings. The van der Waals surface area contributed by atoms with Crippen molar-refractivity contribution in [1.29, 1.82) is 0 Å². The van der Waals surface area contributed by atoms with Crippen molar-refractivity contribution in [3.63, 3.8) is 0 Å². The highest BCUT2D eigenvalue weighted by Gasteiger charge is 2.49. The van der Waals surface area contributed by atoms with Crippen molar-refractivity contribution < 1.29 is 29.0 Å². The van der Waals surface area contributed by atoms with Gasteiger partial charge in [-0.1, -0.05) is 6.92 Å². The fourth-order valence-corrected chi connectivity index (χ4v) is 2.92. The van der Waals surface area contributed by atoms with Crippen molar-refractivity contribution in [3.05, 3.63) is 23.0 Å². The molecule has 0 bridgehead atoms. The van der Waals surface area contributed by atoms with E-state index in [0.29, 0.717) is 17.8 Å². The third-order valence-electron chi connectivity index (χ3n) is 4.30. The molecule has 1 unspecified atom stereocenters. The van der Waals surface area contributed by atoms with Crippen LogP contribution < -0.4 is 4.90 Å². The fourth-order valence-electron chi connectivity index (χ4n) is 2.92. The smallest absolute Gasteiger partial charge is 0.355 e. The van der Waals surface area contributed by atoms with Gasteiger partial charge in [0, 0.05) is 13.5 Å². The predicted molar refractivity (Wildman–Crippen MR) is 79.7 cm³/mol. The Kier molecular flexibility index (Phi) is 4.26. The number of ether oxygens (including phenoxy) is 2. The van der Waals surface area contributed by atoms with Gasteiger partial charge in [0.1, 0.15) is 5.54 Å². The van der Waals surface area contributed by atoms with E-state index in [0.717, 1.165) is 7.11 Å². The zero-order valence-electron chi connectivity index (χ0n) is 13.4. The van der Waals surface area contributed by atoms with Gasteiger partial charge in [-0.15, -0.1) is 0 Å². The Morgan fingerprint density at radius 3 is 2.48 bits per heavy atom. The molecule has 124 valence electrons. The second kappa shape index (κ2) is 5.86. The van der Waals surface area contributed by atoms with Crippen LogP contribution in [-0.2, 0) is 20.7 Å². The summed E-state index contributed by atoms with van der Waals surface area (Å²) in [5.74, 6) is -2.56. The monoisotopic (exact) mass is 322 g/mol. The van der Waals surface area contributed by atoms with Crippen molar-refractivity contribution in [3.8, 4) is 0 Å². The maximum atomic E-state index is 12.2. The van der Waals surface area contributed by atoms with E-state index in [1.807, 2.05) is 6.92 Å². The zero-order chi connectivity index (χ0) is 17.4. The van der Waals surface area contributed by atoms with E-state index in [2.05, 4.69) is 9.72 Å². The van der Waals surface area contributed by atoms with E-state index in [1.54, 1.807) is 11.9 Å². The van der Waals surface area contributed by atoms with Crippen molar-refractivity contribution in [2.75, 3.05) is 26.2 Å². The number of fused-ring (bicyclic) bond motifs is 1. The summed E-state index contributed by atoms with van der Waals surface area (Å²) in [6, 6.07) is 1.40. The number of hydrogen-bond donors (Lipinski definition) is 1. The molecule has 0 saturated heterocycles. The summed E-state index contributed by atoms with van der Waals surface area (Å²) in [7, 11) is 4.15. The number of methoxy groups -OCH3 is 2. The first-order valence-electron chi connectivity index (χ1n) is 7.00. The number of esters is 2. The number of anilines is 1. The lowest BCUT2D eigenvalue weighted by molar-refractivity contribution is -0.146. The summed E-state index contributed by atoms with van der Waals surface area (Å²) in [6.07, 6.45) is 0.659. The molecule has 0 aromatic carbocycles. The van der Waals surface area contributed by atoms with Gasteiger partial charge in [-0.2, -0.15) is 0 Å². The maximum Gasteiger partial charge on any atom is 0.355 e. The predicted octanol–water partition coefficient (Wildman–Crippen LogP) is 0.880. The average molecular weight is 322 g/mol. The molecule has 0 saturated carbocycles. The SMILES string of the molecule is CCC1(C(=O)OC)Cc2nc(C(=O)O)c(C(=O)OC)cc2N1C. The molecule has 1 aliphatic heterocycles. The first kappa shape index (κ1) is 16.7. The summed E-state index contributed by atoms with van der Waals surface area (Å²) in [4.78, 5) is 41.2. The molecule has 1 aromatic heterocycles. The number of carbonyl (C=O) groups is 3. The molecule has 1 N–H and O–H groups in total. The highest BCUT2D eigenvalue weighted by molar-refractivity contribution is 6.02. The third-order valence-corrected chi connectivity index (χ3v) is 4.30. The van der Waals surface area contributed by atoms with Crippen molar-refractivity contribution in [2.45, 2.75) is 25.3 Å². The van der Waals surface area contributed by atoms with E-state index >= 15 is 0 Å². The Balaban J connectivity index is 2.63. The van der Waals surface area contributed by atoms with Crippen LogP contribution in [0.5, 0.6) is 0 Å². The van der Waals surface area contributed by atoms with Crippen LogP contribution in [0, 0.1) is 0 Å². The van der Waals surface area contributed by atoms with Gasteiger partial charge in [-0.3, -0.25) is 0 Å². The lowest BCUT2D eigenvalue weighted by Gasteiger charge is -2.33. The molecule has 8 heteroatoms. The summed E-state index contributed by atoms with van der Waals surface area (Å²) in [5.41, 5.74) is -0.551. The number of rotatable bonds is 4. The normalized spacial score (nSPS) is 19.2. The Labute approximate surface area is 133 Å². The van der Waals surface area contributed by atoms with Crippen LogP contribution in [0.4, 0.5) is 5.69 Å². The molecule has 1 atom stereocenters. The first-order chi connectivity index (χ1) is 10.8. The van der Waals surface area contributed by atoms with Gasteiger partial charge < -0.3 is 19.5 Å². The second-order valence-corrected chi connectivity index (χ2v) is 5.26. The van der Waals surface area contributed by atoms with Crippen molar-refractivity contribution in [1.82, 2.24) is 4.98 Å². The summed E-state index contributed by atoms with van der Waals surface area (Å²) >= 11 is 0. The van der Waals surface area contributed by atoms with Crippen LogP contribution in [0.25, 0.3) is 0 Å². The maximum absolute atomic E-state index is 12.2. The molecule has 1 aromatic rings. The number of aromatic nitrogens is 1. The number of nitrogens with zero attached hydrogens (tertiary/aromatic N) is 2. The van der Waals surface area contributed by atoms with E-state index < -0.39 is 23.4 Å². The van der Waals surface area contributed by atoms with Crippen LogP contribution in [0.1, 0.15) is 39.9 Å². The topological polar surface area (TPSA) is 106 Å². The third kappa shape index (κ3) is 2.39. The van der Waals surface area contributed by atoms with E-state index in [4.69, 9.17) is 4.74 Å². The van der Waals surface area contributed by atoms with Gasteiger partial charge in [-0.25, -0.2) is 19.4 Å². The number of carboxylic acid groups (broad SMARTS) is 1. The van der Waals surface area contributed by atoms with Crippen LogP contribution >= 0.6 is 0 Å². The largest absolute Gasteiger partial charge is 0.476 e. The Hall–Kier alpha value is -2.64. The Morgan fingerprint density at radius 1 is 1.35 bits per heavy atom. The number of likely N-dealkylation sites (N-methyl/N-ethyl adjacent to an activating group) is 1. The molecule has 23 heavy (non-hydrogen) atoms. The second-order valence-electron chi connectivity index (χ2n) is 5.26. The van der Waals surface area contributed by atoms with Crippen LogP contribution in [0.2, 0.25) is 0 Å². The van der Waals surface area contributed by atoms with Crippen LogP contribution in [0.3, 0.4) is 0 Å². The number of carbonyl (C=O) groups excluding carboxylic acids is 2. The standard InChI is InChI=1S/C15H18N2O6/c1-5-15(14(21)23-4)7-9-10(17(15)2)6-8(13(20)22-3)11(16-9)12(18)19/h6H,5,7H2,1-4H3,(H,18,19). The van der Waals surface area contributed by atoms with Crippen LogP contribution in [-0.4, -0.2) is 54.8 Å². The van der Waals surface area contributed by atoms with Gasteiger partial charge in [0.25, 0.3) is 0 Å². The quantitative estimate of drug-likeness (QED) is 0.814. The van der Waals surface area contributed by atoms with Crippen molar-refractivity contribution >= 4 is 23.6 Å². The highest BCUT2D eigenvalue weighted by atomic mass is 16.5. The number of aromatic carboxylic acids is 1. The molecule has 0 spiro atoms. The highest BCUT2D eigenvalue weighted by Crippen LogP contribution is 2.40. The molecule has 0 aliphatic carbocycles. The molecule has 8 nitrogen and oxygen atoms in total. The number of carboxylic acids is 1. The summed E-state index contributed by atoms with van der Waals surface area (Å²) in [5, 5.41) is 9.27. The molecule has 2 heterocycles. The molecule has 0 amide bonds. The van der Waals surface area contributed by atoms with E-state index in [9.17, 15) is 19.5 Å². The minimum atomic E-state index is -1.33. The Bertz CT molecular complexity index is 687. The minimum absolute atomic E-state index is 0.151. The molecular weight excluding hydrogens is 304 g/mol. The molecular formula is C15H18N2O6. The van der Waals surface area contributed by atoms with Gasteiger partial charge in [0.15, 0.2) is 5.69 Å². The summed E-state index contributed by atoms with van der Waals surface area (Å²) < 4.78 is 9.51.